The summed E-state index contributed by atoms with van der Waals surface area (Å²) < 4.78 is 0. The van der Waals surface area contributed by atoms with Crippen molar-refractivity contribution in [2.75, 3.05) is 0 Å². The van der Waals surface area contributed by atoms with E-state index in [2.05, 4.69) is 38.5 Å². The lowest BCUT2D eigenvalue weighted by atomic mass is 9.90. The Kier molecular flexibility index (Phi) is 4.73. The van der Waals surface area contributed by atoms with Crippen molar-refractivity contribution >= 4 is 34.2 Å². The second-order valence-electron chi connectivity index (χ2n) is 5.72. The molecule has 2 heterocycles. The number of halogens is 2. The first kappa shape index (κ1) is 16.2. The molecule has 0 unspecified atom stereocenters. The van der Waals surface area contributed by atoms with Crippen LogP contribution in [0.15, 0.2) is 34.8 Å². The van der Waals surface area contributed by atoms with Gasteiger partial charge in [-0.05, 0) is 37.8 Å². The Morgan fingerprint density at radius 3 is 2.59 bits per heavy atom. The van der Waals surface area contributed by atoms with Gasteiger partial charge in [0.1, 0.15) is 5.66 Å². The fourth-order valence-electron chi connectivity index (χ4n) is 3.09. The normalized spacial score (nSPS) is 22.3. The minimum absolute atomic E-state index is 0. The van der Waals surface area contributed by atoms with Gasteiger partial charge >= 0.3 is 0 Å². The maximum atomic E-state index is 5.98. The molecule has 3 aliphatic rings. The van der Waals surface area contributed by atoms with Gasteiger partial charge in [0.05, 0.1) is 5.70 Å². The average molecular weight is 401 g/mol. The second kappa shape index (κ2) is 6.43. The quantitative estimate of drug-likeness (QED) is 0.729. The van der Waals surface area contributed by atoms with Gasteiger partial charge in [-0.15, -0.1) is 0 Å². The van der Waals surface area contributed by atoms with Crippen LogP contribution in [0.5, 0.6) is 0 Å². The summed E-state index contributed by atoms with van der Waals surface area (Å²) >= 11 is 7.62. The third-order valence-electron chi connectivity index (χ3n) is 4.25. The van der Waals surface area contributed by atoms with Gasteiger partial charge < -0.3 is 17.0 Å². The Morgan fingerprint density at radius 1 is 1.14 bits per heavy atom. The predicted molar refractivity (Wildman–Crippen MR) is 88.4 cm³/mol. The van der Waals surface area contributed by atoms with Crippen LogP contribution in [0.2, 0.25) is 5.02 Å². The van der Waals surface area contributed by atoms with E-state index in [1.165, 1.54) is 19.3 Å². The average Bonchev–Trinajstić information content (AvgIpc) is 2.92. The summed E-state index contributed by atoms with van der Waals surface area (Å²) in [5.74, 6) is 0. The summed E-state index contributed by atoms with van der Waals surface area (Å²) in [6, 6.07) is 7.95. The third-order valence-corrected chi connectivity index (χ3v) is 5.32. The number of nitrogens with one attached hydrogen (secondary N) is 2. The molecule has 0 radical (unpaired) electrons. The van der Waals surface area contributed by atoms with Gasteiger partial charge in [-0.3, -0.25) is 5.43 Å². The highest BCUT2D eigenvalue weighted by Crippen LogP contribution is 2.37. The van der Waals surface area contributed by atoms with E-state index in [0.29, 0.717) is 0 Å². The van der Waals surface area contributed by atoms with E-state index in [0.717, 1.165) is 34.3 Å². The molecule has 1 saturated carbocycles. The summed E-state index contributed by atoms with van der Waals surface area (Å²) in [5.41, 5.74) is 9.22. The molecular formula is C15H17BrClN4S-. The van der Waals surface area contributed by atoms with Crippen molar-refractivity contribution in [3.63, 3.8) is 0 Å². The largest absolute Gasteiger partial charge is 1.00 e. The van der Waals surface area contributed by atoms with Crippen LogP contribution in [0.3, 0.4) is 0 Å². The molecule has 2 aliphatic heterocycles. The molecule has 7 heteroatoms. The minimum Gasteiger partial charge on any atom is -1.00 e. The zero-order valence-corrected chi connectivity index (χ0v) is 15.1. The molecule has 1 aromatic carbocycles. The van der Waals surface area contributed by atoms with Crippen LogP contribution >= 0.6 is 23.4 Å². The number of nitrogens with zero attached hydrogens (tertiary/aromatic N) is 2. The molecule has 0 bridgehead atoms. The Hall–Kier alpha value is -0.690. The van der Waals surface area contributed by atoms with Crippen LogP contribution in [0.25, 0.3) is 5.70 Å². The van der Waals surface area contributed by atoms with Gasteiger partial charge in [0.15, 0.2) is 0 Å². The number of fused-ring (bicyclic) bond motifs is 1. The molecule has 0 saturated heterocycles. The molecule has 0 atom stereocenters. The SMILES string of the molecule is Clc1ccc(C2=CSC3=NNC4(CCCCC4)NN23)cc1.[Br-]. The number of benzene rings is 1. The third kappa shape index (κ3) is 2.89. The molecule has 0 amide bonds. The molecule has 4 nitrogen and oxygen atoms in total. The number of amidine groups is 1. The number of hydrazone groups is 1. The van der Waals surface area contributed by atoms with Crippen LogP contribution < -0.4 is 27.8 Å². The zero-order chi connectivity index (χ0) is 14.3. The van der Waals surface area contributed by atoms with E-state index in [1.54, 1.807) is 11.8 Å². The van der Waals surface area contributed by atoms with E-state index >= 15 is 0 Å². The van der Waals surface area contributed by atoms with Crippen molar-refractivity contribution in [2.45, 2.75) is 37.8 Å². The first-order chi connectivity index (χ1) is 10.3. The Balaban J connectivity index is 0.00000144. The predicted octanol–water partition coefficient (Wildman–Crippen LogP) is 0.730. The molecule has 1 spiro atoms. The van der Waals surface area contributed by atoms with Gasteiger partial charge in [0.2, 0.25) is 5.17 Å². The van der Waals surface area contributed by atoms with Crippen LogP contribution in [-0.2, 0) is 0 Å². The minimum atomic E-state index is -0.0852. The molecule has 1 aliphatic carbocycles. The molecule has 0 aromatic heterocycles. The van der Waals surface area contributed by atoms with E-state index in [4.69, 9.17) is 11.6 Å². The molecule has 1 aromatic rings. The summed E-state index contributed by atoms with van der Waals surface area (Å²) in [6.07, 6.45) is 6.02. The first-order valence-corrected chi connectivity index (χ1v) is 8.57. The zero-order valence-electron chi connectivity index (χ0n) is 12.0. The van der Waals surface area contributed by atoms with E-state index in [-0.39, 0.29) is 22.6 Å². The lowest BCUT2D eigenvalue weighted by Crippen LogP contribution is -3.00. The van der Waals surface area contributed by atoms with Crippen molar-refractivity contribution in [3.8, 4) is 0 Å². The van der Waals surface area contributed by atoms with E-state index in [1.807, 2.05) is 12.1 Å². The number of hydrazine groups is 1. The maximum Gasteiger partial charge on any atom is 0.206 e. The molecular weight excluding hydrogens is 384 g/mol. The summed E-state index contributed by atoms with van der Waals surface area (Å²) in [6.45, 7) is 0. The van der Waals surface area contributed by atoms with Crippen molar-refractivity contribution in [2.24, 2.45) is 5.10 Å². The Morgan fingerprint density at radius 2 is 1.86 bits per heavy atom. The lowest BCUT2D eigenvalue weighted by Gasteiger charge is -2.44. The summed E-state index contributed by atoms with van der Waals surface area (Å²) in [7, 11) is 0. The number of hydrogen-bond acceptors (Lipinski definition) is 5. The Bertz CT molecular complexity index is 610. The highest BCUT2D eigenvalue weighted by molar-refractivity contribution is 8.16. The molecule has 118 valence electrons. The van der Waals surface area contributed by atoms with Crippen molar-refractivity contribution in [1.29, 1.82) is 0 Å². The van der Waals surface area contributed by atoms with Crippen LogP contribution in [0, 0.1) is 0 Å². The van der Waals surface area contributed by atoms with Crippen LogP contribution in [-0.4, -0.2) is 15.8 Å². The first-order valence-electron chi connectivity index (χ1n) is 7.31. The summed E-state index contributed by atoms with van der Waals surface area (Å²) in [4.78, 5) is 0. The monoisotopic (exact) mass is 399 g/mol. The number of rotatable bonds is 1. The van der Waals surface area contributed by atoms with Crippen molar-refractivity contribution in [3.05, 3.63) is 40.3 Å². The summed E-state index contributed by atoms with van der Waals surface area (Å²) in [5, 5.41) is 10.5. The molecule has 22 heavy (non-hydrogen) atoms. The maximum absolute atomic E-state index is 5.98. The Labute approximate surface area is 150 Å². The fraction of sp³-hybridized carbons (Fsp3) is 0.400. The van der Waals surface area contributed by atoms with Crippen molar-refractivity contribution < 1.29 is 17.0 Å². The molecule has 2 N–H and O–H groups in total. The van der Waals surface area contributed by atoms with Gasteiger partial charge in [-0.2, -0.15) is 5.10 Å². The van der Waals surface area contributed by atoms with E-state index in [9.17, 15) is 0 Å². The fourth-order valence-corrected chi connectivity index (χ4v) is 4.02. The number of thioether (sulfide) groups is 1. The molecule has 1 fully saturated rings. The van der Waals surface area contributed by atoms with Gasteiger partial charge in [-0.25, -0.2) is 10.4 Å². The molecule has 4 rings (SSSR count). The standard InChI is InChI=1S/C15H17ClN4S.BrH/c16-12-6-4-11(5-7-12)13-10-21-14-17-18-15(19-20(13)14)8-2-1-3-9-15;/h4-7,10,18-19H,1-3,8-9H2;1H/p-1. The van der Waals surface area contributed by atoms with Gasteiger partial charge in [0.25, 0.3) is 0 Å². The highest BCUT2D eigenvalue weighted by atomic mass is 79.9. The lowest BCUT2D eigenvalue weighted by molar-refractivity contribution is -0.00000460. The smallest absolute Gasteiger partial charge is 0.206 e. The number of hydrogen-bond donors (Lipinski definition) is 2. The van der Waals surface area contributed by atoms with E-state index < -0.39 is 0 Å². The van der Waals surface area contributed by atoms with Crippen LogP contribution in [0.4, 0.5) is 0 Å². The second-order valence-corrected chi connectivity index (χ2v) is 7.00. The van der Waals surface area contributed by atoms with Crippen molar-refractivity contribution in [1.82, 2.24) is 15.9 Å². The van der Waals surface area contributed by atoms with Crippen LogP contribution in [0.1, 0.15) is 37.7 Å². The highest BCUT2D eigenvalue weighted by Gasteiger charge is 2.40. The van der Waals surface area contributed by atoms with Gasteiger partial charge in [-0.1, -0.05) is 41.9 Å². The topological polar surface area (TPSA) is 39.7 Å². The van der Waals surface area contributed by atoms with Gasteiger partial charge in [0, 0.05) is 16.0 Å².